The van der Waals surface area contributed by atoms with Gasteiger partial charge in [-0.3, -0.25) is 14.6 Å². The second-order valence-corrected chi connectivity index (χ2v) is 8.64. The van der Waals surface area contributed by atoms with Crippen molar-refractivity contribution >= 4 is 34.6 Å². The molecule has 2 heterocycles. The molecule has 0 fully saturated rings. The van der Waals surface area contributed by atoms with E-state index >= 15 is 0 Å². The van der Waals surface area contributed by atoms with Gasteiger partial charge >= 0.3 is 0 Å². The van der Waals surface area contributed by atoms with Gasteiger partial charge in [-0.2, -0.15) is 11.3 Å². The summed E-state index contributed by atoms with van der Waals surface area (Å²) in [5.74, 6) is -0.436. The van der Waals surface area contributed by atoms with E-state index in [9.17, 15) is 9.59 Å². The van der Waals surface area contributed by atoms with Crippen molar-refractivity contribution in [3.63, 3.8) is 0 Å². The zero-order valence-electron chi connectivity index (χ0n) is 18.1. The molecule has 0 bridgehead atoms. The highest BCUT2D eigenvalue weighted by molar-refractivity contribution is 7.08. The van der Waals surface area contributed by atoms with Gasteiger partial charge in [-0.1, -0.05) is 48.5 Å². The Morgan fingerprint density at radius 3 is 2.62 bits per heavy atom. The molecule has 2 N–H and O–H groups in total. The van der Waals surface area contributed by atoms with Gasteiger partial charge in [-0.25, -0.2) is 0 Å². The maximum absolute atomic E-state index is 12.9. The summed E-state index contributed by atoms with van der Waals surface area (Å²) in [5, 5.41) is 9.66. The van der Waals surface area contributed by atoms with Gasteiger partial charge in [0.15, 0.2) is 0 Å². The van der Waals surface area contributed by atoms with Crippen molar-refractivity contribution in [3.05, 3.63) is 88.1 Å². The van der Waals surface area contributed by atoms with Crippen LogP contribution >= 0.6 is 11.3 Å². The van der Waals surface area contributed by atoms with E-state index in [2.05, 4.69) is 27.7 Å². The molecule has 1 aromatic heterocycles. The average Bonchev–Trinajstić information content (AvgIpc) is 3.25. The normalized spacial score (nSPS) is 16.4. The number of hydrogen-bond acceptors (Lipinski definition) is 5. The highest BCUT2D eigenvalue weighted by Crippen LogP contribution is 2.26. The van der Waals surface area contributed by atoms with Crippen LogP contribution in [0.1, 0.15) is 23.6 Å². The number of anilines is 1. The van der Waals surface area contributed by atoms with Crippen molar-refractivity contribution in [1.82, 2.24) is 10.6 Å². The molecule has 0 saturated carbocycles. The molecule has 2 aromatic carbocycles. The first-order valence-corrected chi connectivity index (χ1v) is 11.5. The highest BCUT2D eigenvalue weighted by Gasteiger charge is 2.25. The fraction of sp³-hybridized carbons (Fsp3) is 0.240. The van der Waals surface area contributed by atoms with Crippen molar-refractivity contribution in [3.8, 4) is 0 Å². The summed E-state index contributed by atoms with van der Waals surface area (Å²) in [6.45, 7) is 2.21. The molecule has 6 nitrogen and oxygen atoms in total. The zero-order chi connectivity index (χ0) is 22.5. The summed E-state index contributed by atoms with van der Waals surface area (Å²) in [7, 11) is 1.99. The Kier molecular flexibility index (Phi) is 6.66. The van der Waals surface area contributed by atoms with Crippen LogP contribution in [0.4, 0.5) is 5.69 Å². The van der Waals surface area contributed by atoms with Crippen molar-refractivity contribution in [2.75, 3.05) is 18.5 Å². The van der Waals surface area contributed by atoms with Crippen LogP contribution in [0, 0.1) is 0 Å². The number of amides is 2. The molecule has 0 unspecified atom stereocenters. The van der Waals surface area contributed by atoms with E-state index in [1.54, 1.807) is 18.3 Å². The summed E-state index contributed by atoms with van der Waals surface area (Å²) in [4.78, 5) is 32.2. The van der Waals surface area contributed by atoms with Gasteiger partial charge in [0.05, 0.1) is 18.7 Å². The number of carbonyl (C=O) groups is 2. The molecule has 7 heteroatoms. The van der Waals surface area contributed by atoms with E-state index < -0.39 is 12.2 Å². The molecule has 0 spiro atoms. The van der Waals surface area contributed by atoms with Gasteiger partial charge in [-0.05, 0) is 35.4 Å². The topological polar surface area (TPSA) is 73.8 Å². The Labute approximate surface area is 192 Å². The third-order valence-corrected chi connectivity index (χ3v) is 6.11. The Morgan fingerprint density at radius 1 is 1.12 bits per heavy atom. The molecular weight excluding hydrogens is 420 g/mol. The van der Waals surface area contributed by atoms with Crippen LogP contribution < -0.4 is 15.5 Å². The van der Waals surface area contributed by atoms with Crippen LogP contribution in [0.2, 0.25) is 0 Å². The predicted octanol–water partition coefficient (Wildman–Crippen LogP) is 3.23. The lowest BCUT2D eigenvalue weighted by atomic mass is 10.0. The van der Waals surface area contributed by atoms with Crippen molar-refractivity contribution in [1.29, 1.82) is 0 Å². The van der Waals surface area contributed by atoms with E-state index in [1.807, 2.05) is 66.3 Å². The maximum Gasteiger partial charge on any atom is 0.243 e. The van der Waals surface area contributed by atoms with Crippen LogP contribution in [-0.2, 0) is 16.0 Å². The number of rotatable bonds is 6. The first-order chi connectivity index (χ1) is 15.5. The molecule has 0 aliphatic carbocycles. The fourth-order valence-corrected chi connectivity index (χ4v) is 4.43. The first kappa shape index (κ1) is 21.8. The third kappa shape index (κ3) is 5.06. The van der Waals surface area contributed by atoms with Crippen LogP contribution in [-0.4, -0.2) is 43.3 Å². The minimum atomic E-state index is -0.660. The summed E-state index contributed by atoms with van der Waals surface area (Å²) in [6.07, 6.45) is -0.190. The van der Waals surface area contributed by atoms with Crippen LogP contribution in [0.25, 0.3) is 0 Å². The molecule has 3 aromatic rings. The monoisotopic (exact) mass is 446 g/mol. The standard InChI is InChI=1S/C25H26N4O2S/c1-17(26-23(30)14-18-12-13-32-16-18)25(31)28-22-15-29(2)21-11-7-6-10-20(21)24(27-22)19-8-4-3-5-9-19/h3-13,16-17,22H,14-15H2,1-2H3,(H,26,30)(H,28,31)/t17-,22+/m0/s1. The number of benzene rings is 2. The Hall–Kier alpha value is -3.45. The Balaban J connectivity index is 1.51. The number of para-hydroxylation sites is 1. The second-order valence-electron chi connectivity index (χ2n) is 7.86. The lowest BCUT2D eigenvalue weighted by molar-refractivity contribution is -0.128. The predicted molar refractivity (Wildman–Crippen MR) is 129 cm³/mol. The summed E-state index contributed by atoms with van der Waals surface area (Å²) in [6, 6.07) is 19.3. The largest absolute Gasteiger partial charge is 0.370 e. The van der Waals surface area contributed by atoms with Gasteiger partial charge < -0.3 is 15.5 Å². The third-order valence-electron chi connectivity index (χ3n) is 5.37. The molecule has 0 saturated heterocycles. The van der Waals surface area contributed by atoms with Gasteiger partial charge in [0.25, 0.3) is 0 Å². The summed E-state index contributed by atoms with van der Waals surface area (Å²) >= 11 is 1.55. The number of thiophene rings is 1. The second kappa shape index (κ2) is 9.78. The van der Waals surface area contributed by atoms with Crippen LogP contribution in [0.3, 0.4) is 0 Å². The molecule has 1 aliphatic heterocycles. The number of nitrogens with one attached hydrogen (secondary N) is 2. The van der Waals surface area contributed by atoms with Crippen molar-refractivity contribution < 1.29 is 9.59 Å². The van der Waals surface area contributed by atoms with Crippen LogP contribution in [0.15, 0.2) is 76.4 Å². The minimum Gasteiger partial charge on any atom is -0.370 e. The van der Waals surface area contributed by atoms with Gasteiger partial charge in [0.2, 0.25) is 11.8 Å². The molecule has 2 amide bonds. The lowest BCUT2D eigenvalue weighted by Crippen LogP contribution is -2.50. The summed E-state index contributed by atoms with van der Waals surface area (Å²) in [5.41, 5.74) is 4.86. The maximum atomic E-state index is 12.9. The molecule has 32 heavy (non-hydrogen) atoms. The zero-order valence-corrected chi connectivity index (χ0v) is 18.9. The highest BCUT2D eigenvalue weighted by atomic mass is 32.1. The van der Waals surface area contributed by atoms with Gasteiger partial charge in [-0.15, -0.1) is 0 Å². The molecule has 164 valence electrons. The molecular formula is C25H26N4O2S. The number of likely N-dealkylation sites (N-methyl/N-ethyl adjacent to an activating group) is 1. The SMILES string of the molecule is C[C@H](NC(=O)Cc1ccsc1)C(=O)N[C@@H]1CN(C)c2ccccc2C(c2ccccc2)=N1. The van der Waals surface area contributed by atoms with Crippen molar-refractivity contribution in [2.24, 2.45) is 4.99 Å². The van der Waals surface area contributed by atoms with E-state index in [4.69, 9.17) is 4.99 Å². The lowest BCUT2D eigenvalue weighted by Gasteiger charge is -2.24. The minimum absolute atomic E-state index is 0.176. The van der Waals surface area contributed by atoms with E-state index in [0.717, 1.165) is 28.1 Å². The fourth-order valence-electron chi connectivity index (χ4n) is 3.76. The molecule has 1 aliphatic rings. The van der Waals surface area contributed by atoms with Gasteiger partial charge in [0, 0.05) is 23.9 Å². The van der Waals surface area contributed by atoms with Gasteiger partial charge in [0.1, 0.15) is 12.2 Å². The first-order valence-electron chi connectivity index (χ1n) is 10.6. The molecule has 2 atom stereocenters. The van der Waals surface area contributed by atoms with E-state index in [-0.39, 0.29) is 18.2 Å². The average molecular weight is 447 g/mol. The number of nitrogens with zero attached hydrogens (tertiary/aromatic N) is 2. The van der Waals surface area contributed by atoms with Crippen LogP contribution in [0.5, 0.6) is 0 Å². The number of benzodiazepines with no additional fused rings is 1. The molecule has 4 rings (SSSR count). The molecule has 0 radical (unpaired) electrons. The van der Waals surface area contributed by atoms with Crippen molar-refractivity contribution in [2.45, 2.75) is 25.6 Å². The quantitative estimate of drug-likeness (QED) is 0.611. The Morgan fingerprint density at radius 2 is 1.88 bits per heavy atom. The number of carbonyl (C=O) groups excluding carboxylic acids is 2. The Bertz CT molecular complexity index is 1110. The van der Waals surface area contributed by atoms with E-state index in [1.165, 1.54) is 0 Å². The number of hydrogen-bond donors (Lipinski definition) is 2. The number of fused-ring (bicyclic) bond motifs is 1. The smallest absolute Gasteiger partial charge is 0.243 e. The number of aliphatic imine (C=N–C) groups is 1. The summed E-state index contributed by atoms with van der Waals surface area (Å²) < 4.78 is 0. The van der Waals surface area contributed by atoms with E-state index in [0.29, 0.717) is 6.54 Å².